The zero-order valence-corrected chi connectivity index (χ0v) is 7.95. The van der Waals surface area contributed by atoms with E-state index in [2.05, 4.69) is 6.58 Å². The molecular weight excluding hydrogens is 164 g/mol. The fraction of sp³-hybridized carbons (Fsp3) is 0.273. The Morgan fingerprint density at radius 1 is 1.38 bits per heavy atom. The number of benzene rings is 1. The van der Waals surface area contributed by atoms with Gasteiger partial charge in [-0.1, -0.05) is 18.7 Å². The van der Waals surface area contributed by atoms with E-state index in [1.165, 1.54) is 0 Å². The number of ether oxygens (including phenoxy) is 1. The van der Waals surface area contributed by atoms with Gasteiger partial charge in [-0.25, -0.2) is 0 Å². The lowest BCUT2D eigenvalue weighted by atomic mass is 10.0. The highest BCUT2D eigenvalue weighted by molar-refractivity contribution is 5.31. The van der Waals surface area contributed by atoms with Gasteiger partial charge in [-0.15, -0.1) is 0 Å². The van der Waals surface area contributed by atoms with E-state index in [9.17, 15) is 5.11 Å². The van der Waals surface area contributed by atoms with Gasteiger partial charge in [0.1, 0.15) is 5.75 Å². The summed E-state index contributed by atoms with van der Waals surface area (Å²) >= 11 is 0. The van der Waals surface area contributed by atoms with Crippen molar-refractivity contribution >= 4 is 0 Å². The van der Waals surface area contributed by atoms with Crippen molar-refractivity contribution < 1.29 is 9.84 Å². The van der Waals surface area contributed by atoms with Gasteiger partial charge in [0.25, 0.3) is 0 Å². The Kier molecular flexibility index (Phi) is 3.09. The fourth-order valence-corrected chi connectivity index (χ4v) is 1.07. The van der Waals surface area contributed by atoms with Gasteiger partial charge in [0.05, 0.1) is 13.2 Å². The third-order valence-corrected chi connectivity index (χ3v) is 1.90. The molecule has 0 aromatic heterocycles. The van der Waals surface area contributed by atoms with Crippen molar-refractivity contribution in [3.8, 4) is 5.75 Å². The molecule has 0 bridgehead atoms. The maximum absolute atomic E-state index is 9.62. The number of hydrogen-bond acceptors (Lipinski definition) is 2. The molecule has 0 spiro atoms. The summed E-state index contributed by atoms with van der Waals surface area (Å²) in [6, 6.07) is 7.30. The van der Waals surface area contributed by atoms with Crippen LogP contribution in [0.3, 0.4) is 0 Å². The third kappa shape index (κ3) is 2.33. The highest BCUT2D eigenvalue weighted by Gasteiger charge is 2.06. The van der Waals surface area contributed by atoms with Crippen LogP contribution < -0.4 is 4.74 Å². The topological polar surface area (TPSA) is 29.5 Å². The van der Waals surface area contributed by atoms with Gasteiger partial charge in [0.2, 0.25) is 0 Å². The zero-order chi connectivity index (χ0) is 9.84. The van der Waals surface area contributed by atoms with Crippen LogP contribution in [0, 0.1) is 0 Å². The Morgan fingerprint density at radius 3 is 2.31 bits per heavy atom. The molecule has 0 aliphatic rings. The van der Waals surface area contributed by atoms with Crippen LogP contribution in [-0.4, -0.2) is 12.2 Å². The first-order valence-corrected chi connectivity index (χ1v) is 4.12. The molecule has 13 heavy (non-hydrogen) atoms. The lowest BCUT2D eigenvalue weighted by Gasteiger charge is -2.10. The Balaban J connectivity index is 2.85. The quantitative estimate of drug-likeness (QED) is 0.720. The van der Waals surface area contributed by atoms with Gasteiger partial charge < -0.3 is 9.84 Å². The average Bonchev–Trinajstić information content (AvgIpc) is 2.17. The van der Waals surface area contributed by atoms with Crippen LogP contribution in [0.4, 0.5) is 0 Å². The minimum atomic E-state index is -0.578. The molecule has 2 heteroatoms. The van der Waals surface area contributed by atoms with E-state index >= 15 is 0 Å². The summed E-state index contributed by atoms with van der Waals surface area (Å²) in [5, 5.41) is 9.62. The molecule has 0 aliphatic carbocycles. The number of hydrogen-bond donors (Lipinski definition) is 1. The van der Waals surface area contributed by atoms with Gasteiger partial charge in [0.15, 0.2) is 0 Å². The molecule has 2 nitrogen and oxygen atoms in total. The fourth-order valence-electron chi connectivity index (χ4n) is 1.07. The summed E-state index contributed by atoms with van der Waals surface area (Å²) in [5.41, 5.74) is 1.58. The molecule has 0 fully saturated rings. The molecule has 0 aliphatic heterocycles. The van der Waals surface area contributed by atoms with Gasteiger partial charge >= 0.3 is 0 Å². The summed E-state index contributed by atoms with van der Waals surface area (Å²) in [4.78, 5) is 0. The second kappa shape index (κ2) is 4.10. The molecule has 1 unspecified atom stereocenters. The van der Waals surface area contributed by atoms with E-state index in [0.717, 1.165) is 16.9 Å². The van der Waals surface area contributed by atoms with Crippen molar-refractivity contribution in [1.82, 2.24) is 0 Å². The van der Waals surface area contributed by atoms with Gasteiger partial charge in [-0.05, 0) is 30.2 Å². The SMILES string of the molecule is C=C(C)C(O)c1ccc(OC)cc1. The summed E-state index contributed by atoms with van der Waals surface area (Å²) < 4.78 is 5.01. The van der Waals surface area contributed by atoms with Gasteiger partial charge in [-0.3, -0.25) is 0 Å². The average molecular weight is 178 g/mol. The van der Waals surface area contributed by atoms with E-state index in [1.807, 2.05) is 24.3 Å². The van der Waals surface area contributed by atoms with Crippen molar-refractivity contribution in [2.75, 3.05) is 7.11 Å². The molecule has 1 N–H and O–H groups in total. The largest absolute Gasteiger partial charge is 0.497 e. The second-order valence-electron chi connectivity index (χ2n) is 3.02. The van der Waals surface area contributed by atoms with Crippen LogP contribution in [0.1, 0.15) is 18.6 Å². The Labute approximate surface area is 78.5 Å². The Morgan fingerprint density at radius 2 is 1.92 bits per heavy atom. The number of aliphatic hydroxyl groups is 1. The molecule has 1 rings (SSSR count). The molecular formula is C11H14O2. The predicted molar refractivity (Wildman–Crippen MR) is 52.8 cm³/mol. The van der Waals surface area contributed by atoms with Crippen molar-refractivity contribution in [2.45, 2.75) is 13.0 Å². The Hall–Kier alpha value is -1.28. The zero-order valence-electron chi connectivity index (χ0n) is 7.95. The lowest BCUT2D eigenvalue weighted by molar-refractivity contribution is 0.216. The molecule has 0 radical (unpaired) electrons. The van der Waals surface area contributed by atoms with E-state index in [4.69, 9.17) is 4.74 Å². The van der Waals surface area contributed by atoms with Crippen LogP contribution in [-0.2, 0) is 0 Å². The summed E-state index contributed by atoms with van der Waals surface area (Å²) in [5.74, 6) is 0.790. The highest BCUT2D eigenvalue weighted by Crippen LogP contribution is 2.21. The van der Waals surface area contributed by atoms with Crippen LogP contribution in [0.2, 0.25) is 0 Å². The van der Waals surface area contributed by atoms with Crippen LogP contribution >= 0.6 is 0 Å². The predicted octanol–water partition coefficient (Wildman–Crippen LogP) is 2.30. The first kappa shape index (κ1) is 9.81. The summed E-state index contributed by atoms with van der Waals surface area (Å²) in [6.45, 7) is 5.49. The normalized spacial score (nSPS) is 12.2. The maximum Gasteiger partial charge on any atom is 0.118 e. The first-order chi connectivity index (χ1) is 6.15. The molecule has 70 valence electrons. The van der Waals surface area contributed by atoms with Crippen LogP contribution in [0.15, 0.2) is 36.4 Å². The van der Waals surface area contributed by atoms with Crippen molar-refractivity contribution in [3.05, 3.63) is 42.0 Å². The molecule has 0 saturated heterocycles. The molecule has 0 saturated carbocycles. The monoisotopic (exact) mass is 178 g/mol. The van der Waals surface area contributed by atoms with E-state index in [-0.39, 0.29) is 0 Å². The minimum Gasteiger partial charge on any atom is -0.497 e. The highest BCUT2D eigenvalue weighted by atomic mass is 16.5. The third-order valence-electron chi connectivity index (χ3n) is 1.90. The van der Waals surface area contributed by atoms with E-state index in [0.29, 0.717) is 0 Å². The molecule has 1 aromatic carbocycles. The molecule has 0 heterocycles. The van der Waals surface area contributed by atoms with Crippen LogP contribution in [0.5, 0.6) is 5.75 Å². The van der Waals surface area contributed by atoms with Crippen molar-refractivity contribution in [1.29, 1.82) is 0 Å². The number of rotatable bonds is 3. The number of methoxy groups -OCH3 is 1. The summed E-state index contributed by atoms with van der Waals surface area (Å²) in [6.07, 6.45) is -0.578. The lowest BCUT2D eigenvalue weighted by Crippen LogP contribution is -1.97. The standard InChI is InChI=1S/C11H14O2/c1-8(2)11(12)9-4-6-10(13-3)7-5-9/h4-7,11-12H,1H2,2-3H3. The molecule has 0 amide bonds. The maximum atomic E-state index is 9.62. The van der Waals surface area contributed by atoms with Crippen molar-refractivity contribution in [2.24, 2.45) is 0 Å². The van der Waals surface area contributed by atoms with Crippen molar-refractivity contribution in [3.63, 3.8) is 0 Å². The second-order valence-corrected chi connectivity index (χ2v) is 3.02. The molecule has 1 atom stereocenters. The first-order valence-electron chi connectivity index (χ1n) is 4.12. The summed E-state index contributed by atoms with van der Waals surface area (Å²) in [7, 11) is 1.62. The van der Waals surface area contributed by atoms with Gasteiger partial charge in [-0.2, -0.15) is 0 Å². The Bertz CT molecular complexity index is 287. The molecule has 1 aromatic rings. The van der Waals surface area contributed by atoms with E-state index in [1.54, 1.807) is 14.0 Å². The minimum absolute atomic E-state index is 0.578. The van der Waals surface area contributed by atoms with E-state index < -0.39 is 6.10 Å². The smallest absolute Gasteiger partial charge is 0.118 e. The van der Waals surface area contributed by atoms with Gasteiger partial charge in [0, 0.05) is 0 Å². The van der Waals surface area contributed by atoms with Crippen LogP contribution in [0.25, 0.3) is 0 Å². The number of aliphatic hydroxyl groups excluding tert-OH is 1.